The lowest BCUT2D eigenvalue weighted by Crippen LogP contribution is -2.18. The van der Waals surface area contributed by atoms with Crippen molar-refractivity contribution in [3.05, 3.63) is 35.4 Å². The molecule has 1 aromatic rings. The van der Waals surface area contributed by atoms with E-state index in [9.17, 15) is 0 Å². The zero-order valence-electron chi connectivity index (χ0n) is 9.91. The molecule has 88 valence electrons. The Bertz CT molecular complexity index is 321. The molecule has 2 rings (SSSR count). The van der Waals surface area contributed by atoms with Crippen molar-refractivity contribution >= 4 is 0 Å². The van der Waals surface area contributed by atoms with Gasteiger partial charge in [0.25, 0.3) is 0 Å². The third kappa shape index (κ3) is 3.30. The van der Waals surface area contributed by atoms with Crippen molar-refractivity contribution in [2.24, 2.45) is 0 Å². The summed E-state index contributed by atoms with van der Waals surface area (Å²) in [5.74, 6) is 0. The van der Waals surface area contributed by atoms with Gasteiger partial charge in [-0.25, -0.2) is 0 Å². The molecule has 1 saturated heterocycles. The molecule has 0 saturated carbocycles. The molecule has 1 aliphatic rings. The van der Waals surface area contributed by atoms with Gasteiger partial charge in [-0.3, -0.25) is 4.90 Å². The molecular weight excluding hydrogens is 200 g/mol. The second kappa shape index (κ2) is 5.99. The molecule has 1 heterocycles. The monoisotopic (exact) mass is 220 g/mol. The largest absolute Gasteiger partial charge is 0.305 e. The first-order valence-electron chi connectivity index (χ1n) is 5.94. The molecule has 3 nitrogen and oxygen atoms in total. The molecule has 0 amide bonds. The van der Waals surface area contributed by atoms with Gasteiger partial charge in [-0.2, -0.15) is 5.48 Å². The molecule has 0 unspecified atom stereocenters. The first-order chi connectivity index (χ1) is 7.88. The molecule has 0 aromatic heterocycles. The van der Waals surface area contributed by atoms with Crippen molar-refractivity contribution < 1.29 is 4.84 Å². The van der Waals surface area contributed by atoms with E-state index >= 15 is 0 Å². The first kappa shape index (κ1) is 11.6. The predicted molar refractivity (Wildman–Crippen MR) is 64.8 cm³/mol. The predicted octanol–water partition coefficient (Wildman–Crippen LogP) is 1.93. The maximum Gasteiger partial charge on any atom is 0.0572 e. The number of benzene rings is 1. The Kier molecular flexibility index (Phi) is 4.34. The van der Waals surface area contributed by atoms with Crippen LogP contribution in [-0.4, -0.2) is 25.1 Å². The molecule has 0 radical (unpaired) electrons. The lowest BCUT2D eigenvalue weighted by atomic mass is 10.1. The molecule has 0 bridgehead atoms. The average molecular weight is 220 g/mol. The van der Waals surface area contributed by atoms with Crippen LogP contribution in [-0.2, 0) is 17.9 Å². The van der Waals surface area contributed by atoms with Crippen LogP contribution in [0.4, 0.5) is 0 Å². The number of nitrogens with zero attached hydrogens (tertiary/aromatic N) is 1. The highest BCUT2D eigenvalue weighted by Crippen LogP contribution is 2.13. The summed E-state index contributed by atoms with van der Waals surface area (Å²) in [5, 5.41) is 0. The van der Waals surface area contributed by atoms with Crippen LogP contribution in [0.15, 0.2) is 24.3 Å². The average Bonchev–Trinajstić information content (AvgIpc) is 2.80. The van der Waals surface area contributed by atoms with Gasteiger partial charge < -0.3 is 4.84 Å². The highest BCUT2D eigenvalue weighted by atomic mass is 16.6. The van der Waals surface area contributed by atoms with Gasteiger partial charge in [-0.05, 0) is 37.1 Å². The summed E-state index contributed by atoms with van der Waals surface area (Å²) in [6.45, 7) is 4.35. The van der Waals surface area contributed by atoms with Crippen molar-refractivity contribution in [3.63, 3.8) is 0 Å². The van der Waals surface area contributed by atoms with E-state index in [1.54, 1.807) is 7.11 Å². The Labute approximate surface area is 97.4 Å². The second-order valence-corrected chi connectivity index (χ2v) is 4.33. The van der Waals surface area contributed by atoms with Crippen LogP contribution in [0.25, 0.3) is 0 Å². The Balaban J connectivity index is 1.92. The van der Waals surface area contributed by atoms with E-state index in [2.05, 4.69) is 34.6 Å². The first-order valence-corrected chi connectivity index (χ1v) is 5.94. The normalized spacial score (nSPS) is 16.8. The fourth-order valence-electron chi connectivity index (χ4n) is 2.19. The molecule has 0 atom stereocenters. The van der Waals surface area contributed by atoms with Crippen LogP contribution >= 0.6 is 0 Å². The lowest BCUT2D eigenvalue weighted by molar-refractivity contribution is 0.0867. The summed E-state index contributed by atoms with van der Waals surface area (Å²) in [6, 6.07) is 8.70. The van der Waals surface area contributed by atoms with Crippen molar-refractivity contribution in [1.82, 2.24) is 10.4 Å². The van der Waals surface area contributed by atoms with Crippen molar-refractivity contribution in [1.29, 1.82) is 0 Å². The van der Waals surface area contributed by atoms with E-state index < -0.39 is 0 Å². The zero-order valence-corrected chi connectivity index (χ0v) is 9.91. The van der Waals surface area contributed by atoms with Gasteiger partial charge in [0, 0.05) is 13.1 Å². The quantitative estimate of drug-likeness (QED) is 0.767. The molecule has 1 fully saturated rings. The highest BCUT2D eigenvalue weighted by Gasteiger charge is 2.11. The SMILES string of the molecule is CONCc1cccc(CN2CCCC2)c1. The number of likely N-dealkylation sites (tertiary alicyclic amines) is 1. The molecule has 1 aliphatic heterocycles. The van der Waals surface area contributed by atoms with Crippen LogP contribution in [0.5, 0.6) is 0 Å². The van der Waals surface area contributed by atoms with Crippen LogP contribution in [0.2, 0.25) is 0 Å². The second-order valence-electron chi connectivity index (χ2n) is 4.33. The van der Waals surface area contributed by atoms with Gasteiger partial charge in [0.05, 0.1) is 7.11 Å². The topological polar surface area (TPSA) is 24.5 Å². The van der Waals surface area contributed by atoms with Gasteiger partial charge in [0.1, 0.15) is 0 Å². The third-order valence-electron chi connectivity index (χ3n) is 3.02. The summed E-state index contributed by atoms with van der Waals surface area (Å²) in [6.07, 6.45) is 2.70. The maximum absolute atomic E-state index is 4.86. The van der Waals surface area contributed by atoms with Gasteiger partial charge >= 0.3 is 0 Å². The lowest BCUT2D eigenvalue weighted by Gasteiger charge is -2.15. The van der Waals surface area contributed by atoms with Crippen LogP contribution in [0.1, 0.15) is 24.0 Å². The Hall–Kier alpha value is -0.900. The molecule has 16 heavy (non-hydrogen) atoms. The fraction of sp³-hybridized carbons (Fsp3) is 0.538. The summed E-state index contributed by atoms with van der Waals surface area (Å²) in [5.41, 5.74) is 5.55. The van der Waals surface area contributed by atoms with Crippen molar-refractivity contribution in [3.8, 4) is 0 Å². The van der Waals surface area contributed by atoms with E-state index in [1.807, 2.05) is 0 Å². The van der Waals surface area contributed by atoms with Crippen molar-refractivity contribution in [2.75, 3.05) is 20.2 Å². The summed E-state index contributed by atoms with van der Waals surface area (Å²) in [7, 11) is 1.65. The molecule has 0 spiro atoms. The minimum Gasteiger partial charge on any atom is -0.305 e. The van der Waals surface area contributed by atoms with Gasteiger partial charge in [-0.15, -0.1) is 0 Å². The number of hydrogen-bond donors (Lipinski definition) is 1. The summed E-state index contributed by atoms with van der Waals surface area (Å²) in [4.78, 5) is 7.38. The Morgan fingerprint density at radius 2 is 2.00 bits per heavy atom. The van der Waals surface area contributed by atoms with E-state index in [1.165, 1.54) is 37.1 Å². The van der Waals surface area contributed by atoms with Crippen LogP contribution in [0.3, 0.4) is 0 Å². The number of rotatable bonds is 5. The minimum atomic E-state index is 0.768. The standard InChI is InChI=1S/C13H20N2O/c1-16-14-10-12-5-4-6-13(9-12)11-15-7-2-3-8-15/h4-6,9,14H,2-3,7-8,10-11H2,1H3. The maximum atomic E-state index is 4.86. The third-order valence-corrected chi connectivity index (χ3v) is 3.02. The molecule has 1 aromatic carbocycles. The molecule has 3 heteroatoms. The minimum absolute atomic E-state index is 0.768. The van der Waals surface area contributed by atoms with E-state index in [0.29, 0.717) is 0 Å². The van der Waals surface area contributed by atoms with Crippen molar-refractivity contribution in [2.45, 2.75) is 25.9 Å². The smallest absolute Gasteiger partial charge is 0.0572 e. The summed E-state index contributed by atoms with van der Waals surface area (Å²) < 4.78 is 0. The van der Waals surface area contributed by atoms with Crippen LogP contribution in [0, 0.1) is 0 Å². The Morgan fingerprint density at radius 3 is 2.75 bits per heavy atom. The highest BCUT2D eigenvalue weighted by molar-refractivity contribution is 5.23. The van der Waals surface area contributed by atoms with Gasteiger partial charge in [0.2, 0.25) is 0 Å². The van der Waals surface area contributed by atoms with E-state index in [0.717, 1.165) is 13.1 Å². The molecular formula is C13H20N2O. The Morgan fingerprint density at radius 1 is 1.25 bits per heavy atom. The van der Waals surface area contributed by atoms with Crippen LogP contribution < -0.4 is 5.48 Å². The number of hydrogen-bond acceptors (Lipinski definition) is 3. The van der Waals surface area contributed by atoms with E-state index in [-0.39, 0.29) is 0 Å². The van der Waals surface area contributed by atoms with Gasteiger partial charge in [-0.1, -0.05) is 24.3 Å². The number of hydroxylamine groups is 1. The summed E-state index contributed by atoms with van der Waals surface area (Å²) >= 11 is 0. The molecule has 0 aliphatic carbocycles. The van der Waals surface area contributed by atoms with Gasteiger partial charge in [0.15, 0.2) is 0 Å². The zero-order chi connectivity index (χ0) is 11.2. The fourth-order valence-corrected chi connectivity index (χ4v) is 2.19. The van der Waals surface area contributed by atoms with E-state index in [4.69, 9.17) is 4.84 Å². The number of nitrogens with one attached hydrogen (secondary N) is 1. The molecule has 1 N–H and O–H groups in total.